The molecule has 0 spiro atoms. The van der Waals surface area contributed by atoms with E-state index in [4.69, 9.17) is 23.2 Å². The number of hydrogen-bond donors (Lipinski definition) is 1. The summed E-state index contributed by atoms with van der Waals surface area (Å²) in [6.45, 7) is 0.609. The third-order valence-corrected chi connectivity index (χ3v) is 4.00. The first-order valence-corrected chi connectivity index (χ1v) is 7.49. The van der Waals surface area contributed by atoms with E-state index in [0.717, 1.165) is 21.5 Å². The molecule has 1 aromatic carbocycles. The number of anilines is 1. The van der Waals surface area contributed by atoms with Gasteiger partial charge >= 0.3 is 0 Å². The smallest absolute Gasteiger partial charge is 0.137 e. The Bertz CT molecular complexity index is 770. The molecule has 3 aromatic rings. The van der Waals surface area contributed by atoms with Crippen molar-refractivity contribution in [2.75, 3.05) is 5.32 Å². The molecule has 0 radical (unpaired) electrons. The maximum atomic E-state index is 5.98. The molecular formula is C14H10BrCl2N3. The third kappa shape index (κ3) is 2.92. The van der Waals surface area contributed by atoms with E-state index in [9.17, 15) is 0 Å². The number of halogens is 3. The van der Waals surface area contributed by atoms with Crippen LogP contribution in [-0.4, -0.2) is 9.38 Å². The van der Waals surface area contributed by atoms with Gasteiger partial charge < -0.3 is 9.72 Å². The molecule has 0 aliphatic carbocycles. The molecule has 20 heavy (non-hydrogen) atoms. The highest BCUT2D eigenvalue weighted by Gasteiger charge is 2.04. The van der Waals surface area contributed by atoms with Gasteiger partial charge in [0.1, 0.15) is 5.65 Å². The highest BCUT2D eigenvalue weighted by Crippen LogP contribution is 2.26. The molecule has 0 aliphatic heterocycles. The average molecular weight is 371 g/mol. The lowest BCUT2D eigenvalue weighted by Crippen LogP contribution is -2.00. The molecule has 6 heteroatoms. The number of rotatable bonds is 3. The minimum Gasteiger partial charge on any atom is -0.378 e. The van der Waals surface area contributed by atoms with Crippen LogP contribution < -0.4 is 5.32 Å². The Morgan fingerprint density at radius 3 is 2.75 bits per heavy atom. The lowest BCUT2D eigenvalue weighted by Gasteiger charge is -2.07. The molecule has 0 atom stereocenters. The van der Waals surface area contributed by atoms with Crippen LogP contribution in [0.5, 0.6) is 0 Å². The van der Waals surface area contributed by atoms with Gasteiger partial charge in [-0.2, -0.15) is 0 Å². The summed E-state index contributed by atoms with van der Waals surface area (Å²) in [5.74, 6) is 0. The molecule has 1 N–H and O–H groups in total. The van der Waals surface area contributed by atoms with E-state index >= 15 is 0 Å². The summed E-state index contributed by atoms with van der Waals surface area (Å²) in [5, 5.41) is 4.68. The van der Waals surface area contributed by atoms with Crippen molar-refractivity contribution < 1.29 is 0 Å². The summed E-state index contributed by atoms with van der Waals surface area (Å²) in [6, 6.07) is 9.34. The largest absolute Gasteiger partial charge is 0.378 e. The van der Waals surface area contributed by atoms with Crippen molar-refractivity contribution in [2.45, 2.75) is 6.54 Å². The molecule has 0 fully saturated rings. The second kappa shape index (κ2) is 5.64. The first-order valence-electron chi connectivity index (χ1n) is 5.94. The molecule has 0 bridgehead atoms. The minimum atomic E-state index is 0.609. The zero-order valence-electron chi connectivity index (χ0n) is 10.3. The van der Waals surface area contributed by atoms with E-state index in [0.29, 0.717) is 16.6 Å². The molecule has 3 rings (SSSR count). The number of aromatic nitrogens is 2. The van der Waals surface area contributed by atoms with Crippen molar-refractivity contribution in [2.24, 2.45) is 0 Å². The Balaban J connectivity index is 1.81. The summed E-state index contributed by atoms with van der Waals surface area (Å²) in [6.07, 6.45) is 3.79. The van der Waals surface area contributed by atoms with E-state index in [-0.39, 0.29) is 0 Å². The fourth-order valence-corrected chi connectivity index (χ4v) is 2.65. The monoisotopic (exact) mass is 369 g/mol. The van der Waals surface area contributed by atoms with Gasteiger partial charge in [0, 0.05) is 21.9 Å². The second-order valence-electron chi connectivity index (χ2n) is 4.32. The predicted molar refractivity (Wildman–Crippen MR) is 86.7 cm³/mol. The summed E-state index contributed by atoms with van der Waals surface area (Å²) >= 11 is 15.4. The maximum Gasteiger partial charge on any atom is 0.137 e. The molecule has 3 nitrogen and oxygen atoms in total. The molecule has 0 amide bonds. The summed E-state index contributed by atoms with van der Waals surface area (Å²) in [5.41, 5.74) is 2.74. The number of imidazole rings is 1. The van der Waals surface area contributed by atoms with Crippen LogP contribution in [-0.2, 0) is 6.54 Å². The van der Waals surface area contributed by atoms with Gasteiger partial charge in [0.25, 0.3) is 0 Å². The van der Waals surface area contributed by atoms with Crippen molar-refractivity contribution in [3.8, 4) is 0 Å². The second-order valence-corrected chi connectivity index (χ2v) is 6.05. The molecule has 0 aliphatic rings. The van der Waals surface area contributed by atoms with Crippen LogP contribution in [0.25, 0.3) is 5.65 Å². The molecule has 2 heterocycles. The Hall–Kier alpha value is -1.23. The quantitative estimate of drug-likeness (QED) is 0.701. The molecule has 0 saturated carbocycles. The summed E-state index contributed by atoms with van der Waals surface area (Å²) < 4.78 is 2.88. The van der Waals surface area contributed by atoms with E-state index in [1.807, 2.05) is 47.1 Å². The van der Waals surface area contributed by atoms with Crippen LogP contribution in [0.4, 0.5) is 5.69 Å². The van der Waals surface area contributed by atoms with Crippen LogP contribution in [0.3, 0.4) is 0 Å². The number of nitrogens with one attached hydrogen (secondary N) is 1. The van der Waals surface area contributed by atoms with Crippen LogP contribution in [0, 0.1) is 0 Å². The van der Waals surface area contributed by atoms with Crippen molar-refractivity contribution >= 4 is 50.5 Å². The van der Waals surface area contributed by atoms with Crippen molar-refractivity contribution in [3.63, 3.8) is 0 Å². The van der Waals surface area contributed by atoms with Gasteiger partial charge in [-0.3, -0.25) is 0 Å². The molecule has 102 valence electrons. The molecule has 0 saturated heterocycles. The van der Waals surface area contributed by atoms with Gasteiger partial charge in [-0.1, -0.05) is 23.2 Å². The van der Waals surface area contributed by atoms with Gasteiger partial charge in [-0.15, -0.1) is 0 Å². The predicted octanol–water partition coefficient (Wildman–Crippen LogP) is 5.02. The van der Waals surface area contributed by atoms with E-state index in [1.165, 1.54) is 0 Å². The van der Waals surface area contributed by atoms with Gasteiger partial charge in [0.15, 0.2) is 0 Å². The number of benzene rings is 1. The number of fused-ring (bicyclic) bond motifs is 1. The van der Waals surface area contributed by atoms with Crippen molar-refractivity contribution in [1.29, 1.82) is 0 Å². The van der Waals surface area contributed by atoms with Crippen molar-refractivity contribution in [3.05, 3.63) is 62.9 Å². The zero-order valence-corrected chi connectivity index (χ0v) is 13.4. The Morgan fingerprint density at radius 2 is 1.90 bits per heavy atom. The number of nitrogens with zero attached hydrogens (tertiary/aromatic N) is 2. The summed E-state index contributed by atoms with van der Waals surface area (Å²) in [7, 11) is 0. The number of hydrogen-bond acceptors (Lipinski definition) is 2. The normalized spacial score (nSPS) is 10.9. The van der Waals surface area contributed by atoms with Crippen molar-refractivity contribution in [1.82, 2.24) is 9.38 Å². The molecule has 2 aromatic heterocycles. The van der Waals surface area contributed by atoms with Crippen LogP contribution >= 0.6 is 39.1 Å². The lowest BCUT2D eigenvalue weighted by molar-refractivity contribution is 1.08. The third-order valence-electron chi connectivity index (χ3n) is 2.85. The maximum absolute atomic E-state index is 5.98. The first kappa shape index (κ1) is 13.7. The topological polar surface area (TPSA) is 29.3 Å². The number of pyridine rings is 1. The van der Waals surface area contributed by atoms with E-state index < -0.39 is 0 Å². The van der Waals surface area contributed by atoms with Crippen LogP contribution in [0.15, 0.2) is 47.2 Å². The standard InChI is InChI=1S/C14H10BrCl2N3/c15-12-3-1-9(16)5-13(12)18-6-11-8-20-7-10(17)2-4-14(20)19-11/h1-5,7-8,18H,6H2. The first-order chi connectivity index (χ1) is 9.61. The van der Waals surface area contributed by atoms with Gasteiger partial charge in [-0.05, 0) is 46.3 Å². The van der Waals surface area contributed by atoms with Gasteiger partial charge in [0.05, 0.1) is 22.9 Å². The molecular weight excluding hydrogens is 361 g/mol. The molecule has 0 unspecified atom stereocenters. The summed E-state index contributed by atoms with van der Waals surface area (Å²) in [4.78, 5) is 4.51. The lowest BCUT2D eigenvalue weighted by atomic mass is 10.3. The van der Waals surface area contributed by atoms with E-state index in [2.05, 4.69) is 26.2 Å². The zero-order chi connectivity index (χ0) is 14.1. The fraction of sp³-hybridized carbons (Fsp3) is 0.0714. The Kier molecular flexibility index (Phi) is 3.87. The van der Waals surface area contributed by atoms with E-state index in [1.54, 1.807) is 0 Å². The van der Waals surface area contributed by atoms with Crippen LogP contribution in [0.2, 0.25) is 10.0 Å². The van der Waals surface area contributed by atoms with Gasteiger partial charge in [-0.25, -0.2) is 4.98 Å². The average Bonchev–Trinajstić information content (AvgIpc) is 2.81. The highest BCUT2D eigenvalue weighted by atomic mass is 79.9. The fourth-order valence-electron chi connectivity index (χ4n) is 1.92. The van der Waals surface area contributed by atoms with Crippen LogP contribution in [0.1, 0.15) is 5.69 Å². The minimum absolute atomic E-state index is 0.609. The van der Waals surface area contributed by atoms with Gasteiger partial charge in [0.2, 0.25) is 0 Å². The Morgan fingerprint density at radius 1 is 1.10 bits per heavy atom. The Labute approximate surface area is 134 Å². The SMILES string of the molecule is Clc1ccc(Br)c(NCc2cn3cc(Cl)ccc3n2)c1. The highest BCUT2D eigenvalue weighted by molar-refractivity contribution is 9.10.